The van der Waals surface area contributed by atoms with Gasteiger partial charge in [-0.05, 0) is 35.4 Å². The molecular formula is C10H8ClNO4. The summed E-state index contributed by atoms with van der Waals surface area (Å²) in [5, 5.41) is 10.0. The molecule has 0 spiro atoms. The van der Waals surface area contributed by atoms with Crippen molar-refractivity contribution in [2.45, 2.75) is 0 Å². The van der Waals surface area contributed by atoms with E-state index in [1.54, 1.807) is 6.07 Å². The summed E-state index contributed by atoms with van der Waals surface area (Å²) >= 11 is 5.10. The molecule has 0 heterocycles. The summed E-state index contributed by atoms with van der Waals surface area (Å²) in [7, 11) is 1.35. The number of halogens is 1. The van der Waals surface area contributed by atoms with Gasteiger partial charge in [0.25, 0.3) is 0 Å². The van der Waals surface area contributed by atoms with E-state index in [2.05, 4.69) is 0 Å². The molecule has 0 saturated carbocycles. The molecule has 1 aromatic rings. The van der Waals surface area contributed by atoms with Crippen LogP contribution in [-0.4, -0.2) is 17.3 Å². The first-order chi connectivity index (χ1) is 7.54. The molecule has 0 atom stereocenters. The second-order valence-electron chi connectivity index (χ2n) is 2.83. The van der Waals surface area contributed by atoms with Crippen molar-refractivity contribution in [1.29, 1.82) is 0 Å². The standard InChI is InChI=1S/C10H8ClNO4/c1-16-9-4-2-7(3-5-10(11)13)6-8(9)12(14)15/h2-6H,1H3. The second-order valence-corrected chi connectivity index (χ2v) is 3.20. The van der Waals surface area contributed by atoms with Crippen LogP contribution in [0.3, 0.4) is 0 Å². The Labute approximate surface area is 96.4 Å². The fourth-order valence-corrected chi connectivity index (χ4v) is 1.18. The Bertz CT molecular complexity index is 456. The molecule has 0 unspecified atom stereocenters. The number of carbonyl (C=O) groups excluding carboxylic acids is 1. The number of ether oxygens (including phenoxy) is 1. The van der Waals surface area contributed by atoms with Crippen molar-refractivity contribution in [3.8, 4) is 5.75 Å². The number of nitro benzene ring substituents is 1. The highest BCUT2D eigenvalue weighted by Gasteiger charge is 2.14. The highest BCUT2D eigenvalue weighted by molar-refractivity contribution is 6.66. The number of nitro groups is 1. The molecule has 0 bridgehead atoms. The number of allylic oxidation sites excluding steroid dienone is 1. The Morgan fingerprint density at radius 2 is 2.25 bits per heavy atom. The molecule has 84 valence electrons. The molecule has 0 aromatic heterocycles. The molecule has 0 fully saturated rings. The molecule has 5 nitrogen and oxygen atoms in total. The zero-order valence-electron chi connectivity index (χ0n) is 8.34. The zero-order valence-corrected chi connectivity index (χ0v) is 9.10. The molecule has 16 heavy (non-hydrogen) atoms. The van der Waals surface area contributed by atoms with Crippen molar-refractivity contribution in [3.63, 3.8) is 0 Å². The topological polar surface area (TPSA) is 69.4 Å². The molecule has 0 aliphatic rings. The maximum atomic E-state index is 10.7. The minimum absolute atomic E-state index is 0.160. The number of hydrogen-bond acceptors (Lipinski definition) is 4. The Balaban J connectivity index is 3.12. The van der Waals surface area contributed by atoms with E-state index in [1.165, 1.54) is 25.3 Å². The van der Waals surface area contributed by atoms with Gasteiger partial charge in [0.2, 0.25) is 5.24 Å². The Morgan fingerprint density at radius 3 is 2.75 bits per heavy atom. The molecule has 0 N–H and O–H groups in total. The lowest BCUT2D eigenvalue weighted by atomic mass is 10.2. The molecule has 0 aliphatic carbocycles. The van der Waals surface area contributed by atoms with E-state index in [4.69, 9.17) is 16.3 Å². The van der Waals surface area contributed by atoms with Crippen LogP contribution in [0.2, 0.25) is 0 Å². The van der Waals surface area contributed by atoms with Crippen LogP contribution in [0.15, 0.2) is 24.3 Å². The van der Waals surface area contributed by atoms with Gasteiger partial charge in [0.05, 0.1) is 12.0 Å². The Kier molecular flexibility index (Phi) is 4.02. The van der Waals surface area contributed by atoms with E-state index in [9.17, 15) is 14.9 Å². The monoisotopic (exact) mass is 241 g/mol. The van der Waals surface area contributed by atoms with E-state index in [0.717, 1.165) is 6.08 Å². The predicted molar refractivity (Wildman–Crippen MR) is 59.5 cm³/mol. The van der Waals surface area contributed by atoms with E-state index in [1.807, 2.05) is 0 Å². The maximum Gasteiger partial charge on any atom is 0.311 e. The summed E-state index contributed by atoms with van der Waals surface area (Å²) in [4.78, 5) is 20.6. The van der Waals surface area contributed by atoms with Crippen molar-refractivity contribution in [2.75, 3.05) is 7.11 Å². The number of nitrogens with zero attached hydrogens (tertiary/aromatic N) is 1. The number of carbonyl (C=O) groups is 1. The fourth-order valence-electron chi connectivity index (χ4n) is 1.12. The van der Waals surface area contributed by atoms with Crippen LogP contribution in [0.5, 0.6) is 5.75 Å². The molecule has 6 heteroatoms. The van der Waals surface area contributed by atoms with Crippen LogP contribution in [0, 0.1) is 10.1 Å². The lowest BCUT2D eigenvalue weighted by Gasteiger charge is -2.01. The van der Waals surface area contributed by atoms with Gasteiger partial charge in [-0.15, -0.1) is 0 Å². The number of rotatable bonds is 4. The number of hydrogen-bond donors (Lipinski definition) is 0. The molecule has 0 saturated heterocycles. The van der Waals surface area contributed by atoms with Gasteiger partial charge in [-0.25, -0.2) is 0 Å². The van der Waals surface area contributed by atoms with Crippen molar-refractivity contribution < 1.29 is 14.5 Å². The largest absolute Gasteiger partial charge is 0.490 e. The maximum absolute atomic E-state index is 10.7. The third kappa shape index (κ3) is 3.06. The van der Waals surface area contributed by atoms with Crippen molar-refractivity contribution in [1.82, 2.24) is 0 Å². The highest BCUT2D eigenvalue weighted by Crippen LogP contribution is 2.27. The van der Waals surface area contributed by atoms with E-state index >= 15 is 0 Å². The second kappa shape index (κ2) is 5.27. The molecule has 0 radical (unpaired) electrons. The van der Waals surface area contributed by atoms with Crippen LogP contribution < -0.4 is 4.74 Å². The first kappa shape index (κ1) is 12.2. The first-order valence-corrected chi connectivity index (χ1v) is 4.62. The first-order valence-electron chi connectivity index (χ1n) is 4.24. The summed E-state index contributed by atoms with van der Waals surface area (Å²) in [6.45, 7) is 0. The van der Waals surface area contributed by atoms with Crippen LogP contribution in [0.25, 0.3) is 6.08 Å². The van der Waals surface area contributed by atoms with E-state index in [0.29, 0.717) is 5.56 Å². The van der Waals surface area contributed by atoms with Crippen LogP contribution in [0.4, 0.5) is 5.69 Å². The number of methoxy groups -OCH3 is 1. The van der Waals surface area contributed by atoms with Gasteiger partial charge in [0.15, 0.2) is 5.75 Å². The third-order valence-electron chi connectivity index (χ3n) is 1.81. The zero-order chi connectivity index (χ0) is 12.1. The summed E-state index contributed by atoms with van der Waals surface area (Å²) in [6, 6.07) is 4.34. The molecule has 0 aliphatic heterocycles. The lowest BCUT2D eigenvalue weighted by Crippen LogP contribution is -1.93. The third-order valence-corrected chi connectivity index (χ3v) is 1.93. The lowest BCUT2D eigenvalue weighted by molar-refractivity contribution is -0.385. The normalized spacial score (nSPS) is 10.4. The summed E-state index contributed by atoms with van der Waals surface area (Å²) in [6.07, 6.45) is 2.51. The molecule has 1 aromatic carbocycles. The average molecular weight is 242 g/mol. The minimum Gasteiger partial charge on any atom is -0.490 e. The summed E-state index contributed by atoms with van der Waals surface area (Å²) in [5.74, 6) is 0.166. The summed E-state index contributed by atoms with van der Waals surface area (Å²) in [5.41, 5.74) is 0.341. The van der Waals surface area contributed by atoms with Gasteiger partial charge in [-0.2, -0.15) is 0 Å². The molecular weight excluding hydrogens is 234 g/mol. The van der Waals surface area contributed by atoms with Gasteiger partial charge in [-0.1, -0.05) is 6.07 Å². The smallest absolute Gasteiger partial charge is 0.311 e. The van der Waals surface area contributed by atoms with Crippen LogP contribution in [-0.2, 0) is 4.79 Å². The van der Waals surface area contributed by atoms with Gasteiger partial charge >= 0.3 is 5.69 Å². The SMILES string of the molecule is COc1ccc(C=CC(=O)Cl)cc1[N+](=O)[O-]. The van der Waals surface area contributed by atoms with Crippen LogP contribution in [0.1, 0.15) is 5.56 Å². The van der Waals surface area contributed by atoms with Crippen molar-refractivity contribution >= 4 is 28.6 Å². The van der Waals surface area contributed by atoms with E-state index < -0.39 is 10.2 Å². The van der Waals surface area contributed by atoms with Crippen LogP contribution >= 0.6 is 11.6 Å². The average Bonchev–Trinajstić information content (AvgIpc) is 2.25. The van der Waals surface area contributed by atoms with Crippen molar-refractivity contribution in [3.05, 3.63) is 40.0 Å². The highest BCUT2D eigenvalue weighted by atomic mass is 35.5. The van der Waals surface area contributed by atoms with E-state index in [-0.39, 0.29) is 11.4 Å². The van der Waals surface area contributed by atoms with Gasteiger partial charge in [-0.3, -0.25) is 14.9 Å². The Hall–Kier alpha value is -1.88. The number of benzene rings is 1. The quantitative estimate of drug-likeness (QED) is 0.351. The van der Waals surface area contributed by atoms with Gasteiger partial charge < -0.3 is 4.74 Å². The minimum atomic E-state index is -0.640. The Morgan fingerprint density at radius 1 is 1.56 bits per heavy atom. The van der Waals surface area contributed by atoms with Gasteiger partial charge in [0.1, 0.15) is 0 Å². The van der Waals surface area contributed by atoms with Crippen molar-refractivity contribution in [2.24, 2.45) is 0 Å². The predicted octanol–water partition coefficient (Wildman–Crippen LogP) is 2.38. The molecule has 0 amide bonds. The molecule has 1 rings (SSSR count). The fraction of sp³-hybridized carbons (Fsp3) is 0.100. The summed E-state index contributed by atoms with van der Waals surface area (Å²) < 4.78 is 4.83. The van der Waals surface area contributed by atoms with Gasteiger partial charge in [0, 0.05) is 6.07 Å².